The first-order valence-corrected chi connectivity index (χ1v) is 13.8. The molecule has 0 N–H and O–H groups in total. The molecule has 5 nitrogen and oxygen atoms in total. The molecule has 3 saturated heterocycles. The average molecular weight is 483 g/mol. The molecular formula is C29H43FN4O. The van der Waals surface area contributed by atoms with Crippen LogP contribution in [0.15, 0.2) is 42.6 Å². The van der Waals surface area contributed by atoms with Crippen LogP contribution in [0.5, 0.6) is 0 Å². The van der Waals surface area contributed by atoms with Crippen LogP contribution in [0, 0.1) is 11.7 Å². The van der Waals surface area contributed by atoms with Crippen molar-refractivity contribution in [2.24, 2.45) is 5.92 Å². The van der Waals surface area contributed by atoms with Crippen molar-refractivity contribution in [2.45, 2.75) is 71.4 Å². The number of halogens is 1. The van der Waals surface area contributed by atoms with Crippen LogP contribution in [-0.2, 0) is 4.74 Å². The third-order valence-electron chi connectivity index (χ3n) is 7.65. The van der Waals surface area contributed by atoms with E-state index in [4.69, 9.17) is 9.72 Å². The average Bonchev–Trinajstić information content (AvgIpc) is 3.35. The minimum atomic E-state index is -0.153. The monoisotopic (exact) mass is 482 g/mol. The van der Waals surface area contributed by atoms with Gasteiger partial charge < -0.3 is 19.4 Å². The van der Waals surface area contributed by atoms with E-state index in [0.29, 0.717) is 18.0 Å². The second-order valence-corrected chi connectivity index (χ2v) is 9.81. The van der Waals surface area contributed by atoms with E-state index in [-0.39, 0.29) is 5.82 Å². The lowest BCUT2D eigenvalue weighted by molar-refractivity contribution is 0.0908. The van der Waals surface area contributed by atoms with Crippen molar-refractivity contribution < 1.29 is 9.13 Å². The first-order chi connectivity index (χ1) is 17.2. The smallest absolute Gasteiger partial charge is 0.130 e. The van der Waals surface area contributed by atoms with Gasteiger partial charge in [0, 0.05) is 63.0 Å². The first kappa shape index (κ1) is 25.7. The van der Waals surface area contributed by atoms with Crippen LogP contribution >= 0.6 is 0 Å². The summed E-state index contributed by atoms with van der Waals surface area (Å²) in [6.07, 6.45) is 8.85. The standard InChI is InChI=1S/C27H37FN4O.C2H6/c1-2-17-33-20-21-9-14-30(15-10-21)23-8-12-29-27(19-23)32-16-11-26-25(32)7-4-13-31(26)24-6-3-5-22(28)18-24;1-2/h3,5-6,8,12,18-19,21,25-26H,2,4,7,9-11,13-17,20H2,1H3;1-2H3/t25-,26-;/m1./s1. The van der Waals surface area contributed by atoms with E-state index in [9.17, 15) is 4.39 Å². The quantitative estimate of drug-likeness (QED) is 0.443. The fourth-order valence-corrected chi connectivity index (χ4v) is 5.96. The Hall–Kier alpha value is -2.34. The van der Waals surface area contributed by atoms with Gasteiger partial charge in [-0.25, -0.2) is 9.37 Å². The Kier molecular flexibility index (Phi) is 9.25. The predicted molar refractivity (Wildman–Crippen MR) is 144 cm³/mol. The fourth-order valence-electron chi connectivity index (χ4n) is 5.96. The minimum Gasteiger partial charge on any atom is -0.381 e. The van der Waals surface area contributed by atoms with Gasteiger partial charge >= 0.3 is 0 Å². The summed E-state index contributed by atoms with van der Waals surface area (Å²) in [4.78, 5) is 12.2. The number of pyridine rings is 1. The lowest BCUT2D eigenvalue weighted by atomic mass is 9.96. The van der Waals surface area contributed by atoms with Crippen molar-refractivity contribution in [3.05, 3.63) is 48.4 Å². The van der Waals surface area contributed by atoms with Gasteiger partial charge in [-0.3, -0.25) is 0 Å². The van der Waals surface area contributed by atoms with Crippen molar-refractivity contribution in [1.29, 1.82) is 0 Å². The number of fused-ring (bicyclic) bond motifs is 1. The summed E-state index contributed by atoms with van der Waals surface area (Å²) in [7, 11) is 0. The first-order valence-electron chi connectivity index (χ1n) is 13.8. The van der Waals surface area contributed by atoms with E-state index in [1.54, 1.807) is 6.07 Å². The number of ether oxygens (including phenoxy) is 1. The zero-order valence-corrected chi connectivity index (χ0v) is 21.8. The summed E-state index contributed by atoms with van der Waals surface area (Å²) in [6.45, 7) is 12.1. The molecule has 3 aliphatic rings. The molecule has 0 amide bonds. The molecule has 0 spiro atoms. The van der Waals surface area contributed by atoms with Gasteiger partial charge in [-0.1, -0.05) is 26.8 Å². The number of rotatable bonds is 7. The lowest BCUT2D eigenvalue weighted by Gasteiger charge is -2.41. The molecule has 2 aromatic rings. The highest BCUT2D eigenvalue weighted by Gasteiger charge is 2.41. The molecule has 1 aromatic carbocycles. The summed E-state index contributed by atoms with van der Waals surface area (Å²) in [5.74, 6) is 1.62. The molecule has 4 heterocycles. The van der Waals surface area contributed by atoms with Crippen molar-refractivity contribution in [3.63, 3.8) is 0 Å². The molecule has 0 radical (unpaired) electrons. The van der Waals surface area contributed by atoms with Crippen molar-refractivity contribution in [2.75, 3.05) is 54.1 Å². The predicted octanol–water partition coefficient (Wildman–Crippen LogP) is 6.14. The van der Waals surface area contributed by atoms with E-state index in [1.165, 1.54) is 31.0 Å². The van der Waals surface area contributed by atoms with Crippen molar-refractivity contribution >= 4 is 17.2 Å². The number of aromatic nitrogens is 1. The topological polar surface area (TPSA) is 31.8 Å². The molecule has 0 saturated carbocycles. The van der Waals surface area contributed by atoms with Crippen LogP contribution in [0.1, 0.15) is 59.3 Å². The molecule has 0 bridgehead atoms. The number of hydrogen-bond donors (Lipinski definition) is 0. The maximum absolute atomic E-state index is 13.9. The lowest BCUT2D eigenvalue weighted by Crippen LogP contribution is -2.50. The van der Waals surface area contributed by atoms with Crippen molar-refractivity contribution in [1.82, 2.24) is 4.98 Å². The Bertz CT molecular complexity index is 917. The molecule has 35 heavy (non-hydrogen) atoms. The number of piperidine rings is 2. The Morgan fingerprint density at radius 2 is 1.71 bits per heavy atom. The SMILES string of the molecule is CC.CCCOCC1CCN(c2ccnc(N3CC[C@@H]4[C@H]3CCCN4c3cccc(F)c3)c2)CC1. The normalized spacial score (nSPS) is 22.6. The Labute approximate surface area is 211 Å². The van der Waals surface area contributed by atoms with E-state index in [1.807, 2.05) is 32.2 Å². The maximum atomic E-state index is 13.9. The molecule has 1 aromatic heterocycles. The van der Waals surface area contributed by atoms with E-state index in [2.05, 4.69) is 33.8 Å². The van der Waals surface area contributed by atoms with Gasteiger partial charge in [0.1, 0.15) is 11.6 Å². The number of benzene rings is 1. The molecule has 2 atom stereocenters. The number of anilines is 3. The maximum Gasteiger partial charge on any atom is 0.130 e. The highest BCUT2D eigenvalue weighted by molar-refractivity contribution is 5.58. The van der Waals surface area contributed by atoms with Crippen LogP contribution < -0.4 is 14.7 Å². The van der Waals surface area contributed by atoms with E-state index in [0.717, 1.165) is 70.2 Å². The highest BCUT2D eigenvalue weighted by atomic mass is 19.1. The van der Waals surface area contributed by atoms with Crippen molar-refractivity contribution in [3.8, 4) is 0 Å². The van der Waals surface area contributed by atoms with E-state index < -0.39 is 0 Å². The van der Waals surface area contributed by atoms with Crippen LogP contribution in [-0.4, -0.2) is 56.5 Å². The Morgan fingerprint density at radius 1 is 0.914 bits per heavy atom. The van der Waals surface area contributed by atoms with Gasteiger partial charge in [0.2, 0.25) is 0 Å². The van der Waals surface area contributed by atoms with Gasteiger partial charge in [0.15, 0.2) is 0 Å². The third-order valence-corrected chi connectivity index (χ3v) is 7.65. The highest BCUT2D eigenvalue weighted by Crippen LogP contribution is 2.37. The zero-order chi connectivity index (χ0) is 24.6. The van der Waals surface area contributed by atoms with Crippen LogP contribution in [0.4, 0.5) is 21.6 Å². The Morgan fingerprint density at radius 3 is 2.49 bits per heavy atom. The fraction of sp³-hybridized carbons (Fsp3) is 0.621. The van der Waals surface area contributed by atoms with Gasteiger partial charge in [-0.05, 0) is 68.7 Å². The minimum absolute atomic E-state index is 0.153. The summed E-state index contributed by atoms with van der Waals surface area (Å²) in [5, 5.41) is 0. The second kappa shape index (κ2) is 12.6. The van der Waals surface area contributed by atoms with Crippen LogP contribution in [0.3, 0.4) is 0 Å². The summed E-state index contributed by atoms with van der Waals surface area (Å²) in [6, 6.07) is 12.4. The van der Waals surface area contributed by atoms with Gasteiger partial charge in [0.05, 0.1) is 12.1 Å². The van der Waals surface area contributed by atoms with Gasteiger partial charge in [-0.2, -0.15) is 0 Å². The molecule has 0 aliphatic carbocycles. The molecular weight excluding hydrogens is 439 g/mol. The molecule has 192 valence electrons. The Balaban J connectivity index is 0.00000141. The van der Waals surface area contributed by atoms with E-state index >= 15 is 0 Å². The van der Waals surface area contributed by atoms with Crippen LogP contribution in [0.2, 0.25) is 0 Å². The van der Waals surface area contributed by atoms with Crippen LogP contribution in [0.25, 0.3) is 0 Å². The second-order valence-electron chi connectivity index (χ2n) is 9.81. The molecule has 0 unspecified atom stereocenters. The van der Waals surface area contributed by atoms with Gasteiger partial charge in [-0.15, -0.1) is 0 Å². The largest absolute Gasteiger partial charge is 0.381 e. The van der Waals surface area contributed by atoms with Gasteiger partial charge in [0.25, 0.3) is 0 Å². The number of hydrogen-bond acceptors (Lipinski definition) is 5. The summed E-state index contributed by atoms with van der Waals surface area (Å²) in [5.41, 5.74) is 2.30. The molecule has 3 aliphatic heterocycles. The summed E-state index contributed by atoms with van der Waals surface area (Å²) >= 11 is 0. The number of nitrogens with zero attached hydrogens (tertiary/aromatic N) is 4. The summed E-state index contributed by atoms with van der Waals surface area (Å²) < 4.78 is 19.7. The zero-order valence-electron chi connectivity index (χ0n) is 21.8. The molecule has 6 heteroatoms. The third kappa shape index (κ3) is 6.08. The molecule has 5 rings (SSSR count). The molecule has 3 fully saturated rings.